The number of halogens is 1. The van der Waals surface area contributed by atoms with E-state index in [4.69, 9.17) is 22.1 Å². The summed E-state index contributed by atoms with van der Waals surface area (Å²) in [7, 11) is 1.79. The molecule has 2 aromatic rings. The molecule has 0 amide bonds. The molecular formula is C23H28ClN5O2. The summed E-state index contributed by atoms with van der Waals surface area (Å²) in [5.41, 5.74) is 9.30. The number of nitrogens with two attached hydrogens (primary N) is 1. The predicted molar refractivity (Wildman–Crippen MR) is 122 cm³/mol. The van der Waals surface area contributed by atoms with Crippen LogP contribution in [-0.4, -0.2) is 39.5 Å². The Balaban J connectivity index is 1.49. The molecule has 2 saturated carbocycles. The number of rotatable bonds is 4. The lowest BCUT2D eigenvalue weighted by Crippen LogP contribution is -2.43. The van der Waals surface area contributed by atoms with Gasteiger partial charge in [-0.15, -0.1) is 0 Å². The van der Waals surface area contributed by atoms with Crippen molar-refractivity contribution >= 4 is 29.1 Å². The summed E-state index contributed by atoms with van der Waals surface area (Å²) in [5.74, 6) is 1.85. The molecule has 4 N–H and O–H groups in total. The number of aliphatic hydroxyl groups is 1. The van der Waals surface area contributed by atoms with E-state index in [0.29, 0.717) is 28.9 Å². The lowest BCUT2D eigenvalue weighted by molar-refractivity contribution is 0.171. The van der Waals surface area contributed by atoms with Crippen LogP contribution in [0.5, 0.6) is 5.75 Å². The molecule has 0 bridgehead atoms. The van der Waals surface area contributed by atoms with Gasteiger partial charge < -0.3 is 20.9 Å². The molecule has 7 nitrogen and oxygen atoms in total. The average Bonchev–Trinajstić information content (AvgIpc) is 3.01. The number of hydrogen-bond donors (Lipinski definition) is 3. The summed E-state index contributed by atoms with van der Waals surface area (Å²) in [5, 5.41) is 14.3. The zero-order chi connectivity index (χ0) is 22.1. The summed E-state index contributed by atoms with van der Waals surface area (Å²) in [6, 6.07) is 6.10. The van der Waals surface area contributed by atoms with E-state index in [1.54, 1.807) is 7.05 Å². The van der Waals surface area contributed by atoms with Crippen molar-refractivity contribution in [1.29, 1.82) is 0 Å². The number of aliphatic hydroxyl groups excluding tert-OH is 1. The zero-order valence-electron chi connectivity index (χ0n) is 18.2. The standard InChI is InChI=1S/C23H28ClN5O2/c1-11(26-4)12-5-6-15-13(9-12)10-16(31-15)17-19(24)27-21(25)28-20(17)29-22(2)8-7-14-18(30)23(14,22)3/h5-6,9,14,16,18,30H,7-8,10H2,1-4H3,(H3,25,27,28,29). The van der Waals surface area contributed by atoms with E-state index < -0.39 is 0 Å². The van der Waals surface area contributed by atoms with Gasteiger partial charge in [0.05, 0.1) is 11.7 Å². The number of nitrogen functional groups attached to an aromatic ring is 1. The molecule has 5 atom stereocenters. The van der Waals surface area contributed by atoms with Crippen LogP contribution >= 0.6 is 11.6 Å². The second kappa shape index (κ2) is 6.81. The third kappa shape index (κ3) is 2.93. The van der Waals surface area contributed by atoms with Crippen molar-refractivity contribution in [1.82, 2.24) is 9.97 Å². The normalized spacial score (nSPS) is 33.6. The van der Waals surface area contributed by atoms with Gasteiger partial charge in [0.1, 0.15) is 22.8 Å². The van der Waals surface area contributed by atoms with Crippen molar-refractivity contribution in [3.8, 4) is 5.75 Å². The maximum Gasteiger partial charge on any atom is 0.223 e. The summed E-state index contributed by atoms with van der Waals surface area (Å²) in [6.45, 7) is 6.27. The van der Waals surface area contributed by atoms with Gasteiger partial charge in [-0.2, -0.15) is 4.98 Å². The minimum atomic E-state index is -0.322. The van der Waals surface area contributed by atoms with Crippen molar-refractivity contribution in [3.63, 3.8) is 0 Å². The molecule has 0 saturated heterocycles. The van der Waals surface area contributed by atoms with Gasteiger partial charge in [-0.05, 0) is 61.9 Å². The Labute approximate surface area is 187 Å². The van der Waals surface area contributed by atoms with E-state index in [0.717, 1.165) is 35.4 Å². The first-order chi connectivity index (χ1) is 14.7. The van der Waals surface area contributed by atoms with Gasteiger partial charge in [0.15, 0.2) is 0 Å². The first-order valence-electron chi connectivity index (χ1n) is 10.7. The minimum absolute atomic E-state index is 0.114. The molecule has 5 rings (SSSR count). The number of benzene rings is 1. The second-order valence-electron chi connectivity index (χ2n) is 9.41. The number of aromatic nitrogens is 2. The summed E-state index contributed by atoms with van der Waals surface area (Å²) in [6.07, 6.45) is 1.96. The number of hydrogen-bond acceptors (Lipinski definition) is 7. The lowest BCUT2D eigenvalue weighted by Gasteiger charge is -2.36. The third-order valence-electron chi connectivity index (χ3n) is 7.92. The second-order valence-corrected chi connectivity index (χ2v) is 9.76. The van der Waals surface area contributed by atoms with Crippen molar-refractivity contribution in [2.75, 3.05) is 18.1 Å². The van der Waals surface area contributed by atoms with Crippen LogP contribution in [0, 0.1) is 11.3 Å². The monoisotopic (exact) mass is 441 g/mol. The molecule has 0 radical (unpaired) electrons. The van der Waals surface area contributed by atoms with Gasteiger partial charge >= 0.3 is 0 Å². The number of aliphatic imine (C=N–C) groups is 1. The highest BCUT2D eigenvalue weighted by Crippen LogP contribution is 2.68. The molecule has 1 aromatic heterocycles. The SMILES string of the molecule is CN=C(C)c1ccc2c(c1)CC(c1c(Cl)nc(N)nc1NC1(C)CCC3C(O)C31C)O2. The van der Waals surface area contributed by atoms with Gasteiger partial charge in [0, 0.05) is 30.1 Å². The Morgan fingerprint density at radius 3 is 2.81 bits per heavy atom. The van der Waals surface area contributed by atoms with Crippen LogP contribution in [-0.2, 0) is 6.42 Å². The fourth-order valence-electron chi connectivity index (χ4n) is 5.55. The topological polar surface area (TPSA) is 106 Å². The zero-order valence-corrected chi connectivity index (χ0v) is 19.0. The van der Waals surface area contributed by atoms with Gasteiger partial charge in [-0.25, -0.2) is 4.98 Å². The lowest BCUT2D eigenvalue weighted by atomic mass is 9.84. The highest BCUT2D eigenvalue weighted by molar-refractivity contribution is 6.30. The van der Waals surface area contributed by atoms with E-state index >= 15 is 0 Å². The molecule has 1 aromatic carbocycles. The molecule has 2 heterocycles. The molecule has 2 aliphatic carbocycles. The van der Waals surface area contributed by atoms with E-state index in [1.807, 2.05) is 19.1 Å². The van der Waals surface area contributed by atoms with Gasteiger partial charge in [-0.3, -0.25) is 4.99 Å². The fraction of sp³-hybridized carbons (Fsp3) is 0.522. The van der Waals surface area contributed by atoms with Crippen LogP contribution in [0.15, 0.2) is 23.2 Å². The third-order valence-corrected chi connectivity index (χ3v) is 8.21. The van der Waals surface area contributed by atoms with E-state index in [9.17, 15) is 5.11 Å². The van der Waals surface area contributed by atoms with Crippen LogP contribution in [0.3, 0.4) is 0 Å². The molecule has 2 fully saturated rings. The van der Waals surface area contributed by atoms with E-state index in [2.05, 4.69) is 40.2 Å². The molecular weight excluding hydrogens is 414 g/mol. The number of anilines is 2. The first kappa shape index (κ1) is 20.5. The van der Waals surface area contributed by atoms with Crippen LogP contribution in [0.4, 0.5) is 11.8 Å². The Hall–Kier alpha value is -2.38. The van der Waals surface area contributed by atoms with Crippen molar-refractivity contribution in [3.05, 3.63) is 40.0 Å². The van der Waals surface area contributed by atoms with E-state index in [-0.39, 0.29) is 29.1 Å². The minimum Gasteiger partial charge on any atom is -0.485 e. The van der Waals surface area contributed by atoms with Crippen LogP contribution < -0.4 is 15.8 Å². The number of nitrogens with one attached hydrogen (secondary N) is 1. The van der Waals surface area contributed by atoms with Crippen LogP contribution in [0.2, 0.25) is 5.15 Å². The molecule has 164 valence electrons. The predicted octanol–water partition coefficient (Wildman–Crippen LogP) is 3.79. The molecule has 31 heavy (non-hydrogen) atoms. The van der Waals surface area contributed by atoms with Crippen LogP contribution in [0.1, 0.15) is 56.4 Å². The summed E-state index contributed by atoms with van der Waals surface area (Å²) in [4.78, 5) is 13.0. The van der Waals surface area contributed by atoms with Gasteiger partial charge in [0.2, 0.25) is 5.95 Å². The summed E-state index contributed by atoms with van der Waals surface area (Å²) < 4.78 is 6.27. The Morgan fingerprint density at radius 1 is 1.35 bits per heavy atom. The first-order valence-corrected chi connectivity index (χ1v) is 11.1. The largest absolute Gasteiger partial charge is 0.485 e. The summed E-state index contributed by atoms with van der Waals surface area (Å²) >= 11 is 6.58. The smallest absolute Gasteiger partial charge is 0.223 e. The van der Waals surface area contributed by atoms with Gasteiger partial charge in [0.25, 0.3) is 0 Å². The maximum absolute atomic E-state index is 10.5. The van der Waals surface area contributed by atoms with Crippen molar-refractivity contribution in [2.45, 2.75) is 57.8 Å². The molecule has 3 aliphatic rings. The number of nitrogens with zero attached hydrogens (tertiary/aromatic N) is 3. The Morgan fingerprint density at radius 2 is 2.13 bits per heavy atom. The molecule has 0 spiro atoms. The highest BCUT2D eigenvalue weighted by Gasteiger charge is 2.73. The van der Waals surface area contributed by atoms with Gasteiger partial charge in [-0.1, -0.05) is 18.5 Å². The quantitative estimate of drug-likeness (QED) is 0.492. The number of fused-ring (bicyclic) bond motifs is 2. The molecule has 5 unspecified atom stereocenters. The Bertz CT molecular complexity index is 1110. The number of ether oxygens (including phenoxy) is 1. The maximum atomic E-state index is 10.5. The van der Waals surface area contributed by atoms with Crippen molar-refractivity contribution < 1.29 is 9.84 Å². The average molecular weight is 442 g/mol. The van der Waals surface area contributed by atoms with Crippen LogP contribution in [0.25, 0.3) is 0 Å². The molecule has 1 aliphatic heterocycles. The highest BCUT2D eigenvalue weighted by atomic mass is 35.5. The Kier molecular flexibility index (Phi) is 4.51. The van der Waals surface area contributed by atoms with E-state index in [1.165, 1.54) is 0 Å². The molecule has 8 heteroatoms. The fourth-order valence-corrected chi connectivity index (χ4v) is 5.84. The van der Waals surface area contributed by atoms with Crippen molar-refractivity contribution in [2.24, 2.45) is 16.3 Å².